The lowest BCUT2D eigenvalue weighted by atomic mass is 10.4. The molecule has 0 atom stereocenters. The Kier molecular flexibility index (Phi) is 1.02. The number of aromatic nitrogens is 1. The molecule has 0 aliphatic rings. The highest BCUT2D eigenvalue weighted by molar-refractivity contribution is 7.16. The Balaban J connectivity index is 2.95. The Morgan fingerprint density at radius 3 is 3.10 bits per heavy atom. The van der Waals surface area contributed by atoms with Gasteiger partial charge in [-0.1, -0.05) is 0 Å². The Labute approximate surface area is 62.9 Å². The minimum atomic E-state index is 0.835. The van der Waals surface area contributed by atoms with Crippen LogP contribution in [0.2, 0.25) is 0 Å². The van der Waals surface area contributed by atoms with E-state index in [0.29, 0.717) is 0 Å². The first-order valence-electron chi connectivity index (χ1n) is 3.07. The number of hydrogen-bond donors (Lipinski definition) is 1. The maximum absolute atomic E-state index is 5.67. The molecule has 0 saturated heterocycles. The van der Waals surface area contributed by atoms with Crippen LogP contribution in [0.25, 0.3) is 10.2 Å². The third-order valence-electron chi connectivity index (χ3n) is 1.67. The van der Waals surface area contributed by atoms with Crippen LogP contribution >= 0.6 is 11.3 Å². The van der Waals surface area contributed by atoms with Gasteiger partial charge >= 0.3 is 0 Å². The summed E-state index contributed by atoms with van der Waals surface area (Å²) in [5.74, 6) is 0.835. The molecular weight excluding hydrogens is 144 g/mol. The lowest BCUT2D eigenvalue weighted by Gasteiger charge is -1.93. The number of nitrogens with two attached hydrogens (primary N) is 1. The number of anilines is 1. The van der Waals surface area contributed by atoms with E-state index in [4.69, 9.17) is 5.73 Å². The Bertz CT molecular complexity index is 358. The molecule has 2 aromatic heterocycles. The first kappa shape index (κ1) is 5.80. The van der Waals surface area contributed by atoms with Gasteiger partial charge in [0, 0.05) is 12.4 Å². The molecule has 0 fully saturated rings. The number of aryl methyl sites for hydroxylation is 1. The largest absolute Gasteiger partial charge is 0.385 e. The van der Waals surface area contributed by atoms with Crippen molar-refractivity contribution in [2.75, 3.05) is 5.73 Å². The zero-order valence-electron chi connectivity index (χ0n) is 5.66. The third kappa shape index (κ3) is 0.580. The topological polar surface area (TPSA) is 30.9 Å². The molecule has 2 N–H and O–H groups in total. The van der Waals surface area contributed by atoms with Crippen LogP contribution in [0.4, 0.5) is 5.82 Å². The van der Waals surface area contributed by atoms with Gasteiger partial charge in [0.25, 0.3) is 0 Å². The maximum atomic E-state index is 5.67. The molecule has 2 aromatic rings. The molecule has 0 radical (unpaired) electrons. The van der Waals surface area contributed by atoms with Gasteiger partial charge in [-0.15, -0.1) is 11.3 Å². The smallest absolute Gasteiger partial charge is 0.104 e. The second kappa shape index (κ2) is 1.76. The zero-order chi connectivity index (χ0) is 7.14. The lowest BCUT2D eigenvalue weighted by molar-refractivity contribution is 0.992. The number of nitrogens with zero attached hydrogens (tertiary/aromatic N) is 1. The normalized spacial score (nSPS) is 10.9. The van der Waals surface area contributed by atoms with E-state index in [-0.39, 0.29) is 0 Å². The van der Waals surface area contributed by atoms with Crippen molar-refractivity contribution in [2.24, 2.45) is 7.05 Å². The van der Waals surface area contributed by atoms with Gasteiger partial charge in [-0.3, -0.25) is 0 Å². The Hall–Kier alpha value is -0.960. The van der Waals surface area contributed by atoms with E-state index in [1.54, 1.807) is 11.3 Å². The minimum Gasteiger partial charge on any atom is -0.385 e. The summed E-state index contributed by atoms with van der Waals surface area (Å²) in [5, 5.41) is 3.31. The highest BCUT2D eigenvalue weighted by Crippen LogP contribution is 2.24. The van der Waals surface area contributed by atoms with E-state index >= 15 is 0 Å². The summed E-state index contributed by atoms with van der Waals surface area (Å²) < 4.78 is 2.00. The monoisotopic (exact) mass is 152 g/mol. The van der Waals surface area contributed by atoms with E-state index in [2.05, 4.69) is 11.4 Å². The molecule has 2 nitrogen and oxygen atoms in total. The van der Waals surface area contributed by atoms with Crippen LogP contribution in [0.15, 0.2) is 17.5 Å². The van der Waals surface area contributed by atoms with Crippen LogP contribution in [0, 0.1) is 0 Å². The quantitative estimate of drug-likeness (QED) is 0.613. The Morgan fingerprint density at radius 2 is 2.40 bits per heavy atom. The fourth-order valence-electron chi connectivity index (χ4n) is 1.07. The molecule has 0 saturated carbocycles. The van der Waals surface area contributed by atoms with Gasteiger partial charge in [-0.25, -0.2) is 0 Å². The van der Waals surface area contributed by atoms with E-state index in [9.17, 15) is 0 Å². The average molecular weight is 152 g/mol. The maximum Gasteiger partial charge on any atom is 0.104 e. The van der Waals surface area contributed by atoms with Crippen molar-refractivity contribution in [2.45, 2.75) is 0 Å². The molecule has 10 heavy (non-hydrogen) atoms. The van der Waals surface area contributed by atoms with E-state index in [0.717, 1.165) is 5.82 Å². The fourth-order valence-corrected chi connectivity index (χ4v) is 1.94. The zero-order valence-corrected chi connectivity index (χ0v) is 6.48. The van der Waals surface area contributed by atoms with Gasteiger partial charge < -0.3 is 10.3 Å². The van der Waals surface area contributed by atoms with Crippen molar-refractivity contribution >= 4 is 27.4 Å². The van der Waals surface area contributed by atoms with Gasteiger partial charge in [-0.2, -0.15) is 0 Å². The molecular formula is C7H8N2S. The molecule has 0 aromatic carbocycles. The van der Waals surface area contributed by atoms with Gasteiger partial charge in [0.15, 0.2) is 0 Å². The molecule has 0 aliphatic carbocycles. The number of nitrogen functional groups attached to an aromatic ring is 1. The van der Waals surface area contributed by atoms with Crippen molar-refractivity contribution in [1.82, 2.24) is 4.57 Å². The van der Waals surface area contributed by atoms with Crippen LogP contribution in [-0.4, -0.2) is 4.57 Å². The molecule has 0 spiro atoms. The summed E-state index contributed by atoms with van der Waals surface area (Å²) in [6, 6.07) is 4.07. The number of rotatable bonds is 0. The summed E-state index contributed by atoms with van der Waals surface area (Å²) in [5.41, 5.74) is 5.67. The van der Waals surface area contributed by atoms with Crippen molar-refractivity contribution in [3.05, 3.63) is 17.5 Å². The Morgan fingerprint density at radius 1 is 1.60 bits per heavy atom. The molecule has 2 heterocycles. The molecule has 2 rings (SSSR count). The fraction of sp³-hybridized carbons (Fsp3) is 0.143. The summed E-state index contributed by atoms with van der Waals surface area (Å²) >= 11 is 1.72. The second-order valence-corrected chi connectivity index (χ2v) is 3.20. The first-order chi connectivity index (χ1) is 4.79. The van der Waals surface area contributed by atoms with Gasteiger partial charge in [0.2, 0.25) is 0 Å². The van der Waals surface area contributed by atoms with Crippen LogP contribution in [0.3, 0.4) is 0 Å². The molecule has 3 heteroatoms. The molecule has 0 unspecified atom stereocenters. The van der Waals surface area contributed by atoms with Crippen molar-refractivity contribution in [3.8, 4) is 0 Å². The van der Waals surface area contributed by atoms with Crippen LogP contribution in [0.1, 0.15) is 0 Å². The summed E-state index contributed by atoms with van der Waals surface area (Å²) in [6.07, 6.45) is 0. The third-order valence-corrected chi connectivity index (χ3v) is 2.67. The van der Waals surface area contributed by atoms with Crippen LogP contribution in [0.5, 0.6) is 0 Å². The van der Waals surface area contributed by atoms with Crippen LogP contribution in [-0.2, 0) is 7.05 Å². The van der Waals surface area contributed by atoms with Gasteiger partial charge in [-0.05, 0) is 17.5 Å². The number of hydrogen-bond acceptors (Lipinski definition) is 2. The van der Waals surface area contributed by atoms with E-state index in [1.165, 1.54) is 10.2 Å². The summed E-state index contributed by atoms with van der Waals surface area (Å²) in [7, 11) is 1.98. The standard InChI is InChI=1S/C7H8N2S/c1-9-6(8)4-5-2-3-10-7(5)9/h2-4H,8H2,1H3. The van der Waals surface area contributed by atoms with E-state index in [1.807, 2.05) is 17.7 Å². The number of thiophene rings is 1. The second-order valence-electron chi connectivity index (χ2n) is 2.31. The van der Waals surface area contributed by atoms with Crippen molar-refractivity contribution < 1.29 is 0 Å². The predicted octanol–water partition coefficient (Wildman–Crippen LogP) is 1.82. The highest BCUT2D eigenvalue weighted by atomic mass is 32.1. The molecule has 0 bridgehead atoms. The average Bonchev–Trinajstić information content (AvgIpc) is 2.41. The first-order valence-corrected chi connectivity index (χ1v) is 3.95. The minimum absolute atomic E-state index is 0.835. The molecule has 0 aliphatic heterocycles. The highest BCUT2D eigenvalue weighted by Gasteiger charge is 2.01. The summed E-state index contributed by atoms with van der Waals surface area (Å²) in [6.45, 7) is 0. The SMILES string of the molecule is Cn1c(N)cc2ccsc21. The number of fused-ring (bicyclic) bond motifs is 1. The van der Waals surface area contributed by atoms with Gasteiger partial charge in [0.1, 0.15) is 10.6 Å². The van der Waals surface area contributed by atoms with Crippen molar-refractivity contribution in [1.29, 1.82) is 0 Å². The van der Waals surface area contributed by atoms with E-state index < -0.39 is 0 Å². The van der Waals surface area contributed by atoms with Crippen molar-refractivity contribution in [3.63, 3.8) is 0 Å². The lowest BCUT2D eigenvalue weighted by Crippen LogP contribution is -1.93. The predicted molar refractivity (Wildman–Crippen MR) is 45.2 cm³/mol. The van der Waals surface area contributed by atoms with Crippen LogP contribution < -0.4 is 5.73 Å². The summed E-state index contributed by atoms with van der Waals surface area (Å²) in [4.78, 5) is 1.25. The molecule has 52 valence electrons. The van der Waals surface area contributed by atoms with Gasteiger partial charge in [0.05, 0.1) is 0 Å². The molecule has 0 amide bonds.